The van der Waals surface area contributed by atoms with Gasteiger partial charge in [-0.25, -0.2) is 0 Å². The number of hydrogen-bond acceptors (Lipinski definition) is 4. The molecule has 0 saturated carbocycles. The van der Waals surface area contributed by atoms with E-state index in [2.05, 4.69) is 20.5 Å². The number of amides is 1. The third-order valence-electron chi connectivity index (χ3n) is 2.93. The summed E-state index contributed by atoms with van der Waals surface area (Å²) in [6.07, 6.45) is 1.09. The number of thiazole rings is 1. The van der Waals surface area contributed by atoms with Crippen molar-refractivity contribution in [1.29, 1.82) is 0 Å². The van der Waals surface area contributed by atoms with E-state index in [4.69, 9.17) is 12.2 Å². The highest BCUT2D eigenvalue weighted by molar-refractivity contribution is 7.73. The molecule has 0 aliphatic rings. The summed E-state index contributed by atoms with van der Waals surface area (Å²) < 4.78 is 0.713. The number of carbonyl (C=O) groups is 1. The Morgan fingerprint density at radius 2 is 2.30 bits per heavy atom. The molecule has 0 aliphatic heterocycles. The molecule has 5 nitrogen and oxygen atoms in total. The predicted octanol–water partition coefficient (Wildman–Crippen LogP) is 2.44. The van der Waals surface area contributed by atoms with Crippen LogP contribution in [0.1, 0.15) is 28.9 Å². The van der Waals surface area contributed by atoms with Crippen LogP contribution in [0.15, 0.2) is 6.07 Å². The van der Waals surface area contributed by atoms with Crippen LogP contribution >= 0.6 is 23.6 Å². The molecule has 0 saturated heterocycles. The molecule has 2 heterocycles. The lowest BCUT2D eigenvalue weighted by atomic mass is 10.1. The fraction of sp³-hybridized carbons (Fsp3) is 0.462. The summed E-state index contributed by atoms with van der Waals surface area (Å²) >= 11 is 6.53. The van der Waals surface area contributed by atoms with Crippen molar-refractivity contribution in [3.05, 3.63) is 32.0 Å². The van der Waals surface area contributed by atoms with E-state index in [1.165, 1.54) is 11.3 Å². The smallest absolute Gasteiger partial charge is 0.225 e. The summed E-state index contributed by atoms with van der Waals surface area (Å²) in [4.78, 5) is 16.0. The fourth-order valence-corrected chi connectivity index (χ4v) is 3.31. The minimum absolute atomic E-state index is 0.0121. The van der Waals surface area contributed by atoms with Gasteiger partial charge in [-0.05, 0) is 39.1 Å². The van der Waals surface area contributed by atoms with Gasteiger partial charge in [-0.2, -0.15) is 5.10 Å². The lowest BCUT2D eigenvalue weighted by Gasteiger charge is -2.12. The monoisotopic (exact) mass is 310 g/mol. The summed E-state index contributed by atoms with van der Waals surface area (Å²) in [5.41, 5.74) is 2.97. The first-order chi connectivity index (χ1) is 9.44. The van der Waals surface area contributed by atoms with Crippen molar-refractivity contribution in [1.82, 2.24) is 20.5 Å². The first-order valence-corrected chi connectivity index (χ1v) is 7.65. The van der Waals surface area contributed by atoms with Crippen molar-refractivity contribution in [2.45, 2.75) is 39.7 Å². The molecule has 2 aromatic heterocycles. The number of H-pyrrole nitrogens is 2. The van der Waals surface area contributed by atoms with Gasteiger partial charge in [0.05, 0.1) is 12.1 Å². The number of aromatic amines is 2. The maximum Gasteiger partial charge on any atom is 0.225 e. The Balaban J connectivity index is 1.88. The molecule has 0 bridgehead atoms. The van der Waals surface area contributed by atoms with E-state index in [0.29, 0.717) is 10.4 Å². The molecule has 108 valence electrons. The van der Waals surface area contributed by atoms with Crippen LogP contribution in [0, 0.1) is 17.8 Å². The maximum absolute atomic E-state index is 12.0. The second kappa shape index (κ2) is 6.32. The number of rotatable bonds is 5. The Hall–Kier alpha value is -1.47. The molecule has 2 aromatic rings. The highest BCUT2D eigenvalue weighted by atomic mass is 32.1. The normalized spacial score (nSPS) is 12.3. The van der Waals surface area contributed by atoms with Gasteiger partial charge in [0.25, 0.3) is 0 Å². The molecule has 1 amide bonds. The molecule has 0 fully saturated rings. The van der Waals surface area contributed by atoms with Crippen molar-refractivity contribution in [2.75, 3.05) is 0 Å². The number of aromatic nitrogens is 3. The number of aryl methyl sites for hydroxylation is 2. The van der Waals surface area contributed by atoms with Gasteiger partial charge in [-0.15, -0.1) is 11.3 Å². The van der Waals surface area contributed by atoms with Crippen LogP contribution in [-0.2, 0) is 17.6 Å². The Morgan fingerprint density at radius 3 is 2.85 bits per heavy atom. The van der Waals surface area contributed by atoms with Crippen molar-refractivity contribution in [2.24, 2.45) is 0 Å². The molecule has 2 rings (SSSR count). The maximum atomic E-state index is 12.0. The Kier molecular flexibility index (Phi) is 4.72. The number of nitrogens with one attached hydrogen (secondary N) is 3. The van der Waals surface area contributed by atoms with Crippen LogP contribution in [-0.4, -0.2) is 27.1 Å². The molecule has 1 atom stereocenters. The minimum atomic E-state index is 0.0121. The van der Waals surface area contributed by atoms with Gasteiger partial charge in [0.1, 0.15) is 0 Å². The summed E-state index contributed by atoms with van der Waals surface area (Å²) in [5.74, 6) is 0.0121. The van der Waals surface area contributed by atoms with Gasteiger partial charge in [-0.3, -0.25) is 9.89 Å². The molecule has 3 N–H and O–H groups in total. The van der Waals surface area contributed by atoms with Crippen molar-refractivity contribution < 1.29 is 4.79 Å². The van der Waals surface area contributed by atoms with Crippen molar-refractivity contribution in [3.63, 3.8) is 0 Å². The number of nitrogens with zero attached hydrogens (tertiary/aromatic N) is 1. The van der Waals surface area contributed by atoms with E-state index in [1.54, 1.807) is 0 Å². The summed E-state index contributed by atoms with van der Waals surface area (Å²) in [6, 6.07) is 2.04. The van der Waals surface area contributed by atoms with E-state index in [-0.39, 0.29) is 11.9 Å². The third-order valence-corrected chi connectivity index (χ3v) is 4.26. The van der Waals surface area contributed by atoms with Crippen molar-refractivity contribution >= 4 is 29.5 Å². The second-order valence-electron chi connectivity index (χ2n) is 4.95. The first kappa shape index (κ1) is 14.9. The predicted molar refractivity (Wildman–Crippen MR) is 82.6 cm³/mol. The Morgan fingerprint density at radius 1 is 1.55 bits per heavy atom. The average Bonchev–Trinajstić information content (AvgIpc) is 2.85. The fourth-order valence-electron chi connectivity index (χ4n) is 2.02. The first-order valence-electron chi connectivity index (χ1n) is 6.43. The molecule has 20 heavy (non-hydrogen) atoms. The van der Waals surface area contributed by atoms with Gasteiger partial charge >= 0.3 is 0 Å². The SMILES string of the molecule is Cc1cc(C[C@H](C)NC(=O)Cc2sc(=S)[nH]c2C)n[nH]1. The summed E-state index contributed by atoms with van der Waals surface area (Å²) in [7, 11) is 0. The number of carbonyl (C=O) groups excluding carboxylic acids is 1. The van der Waals surface area contributed by atoms with E-state index >= 15 is 0 Å². The highest BCUT2D eigenvalue weighted by Gasteiger charge is 2.12. The molecular weight excluding hydrogens is 292 g/mol. The summed E-state index contributed by atoms with van der Waals surface area (Å²) in [5, 5.41) is 10.1. The van der Waals surface area contributed by atoms with Crippen LogP contribution in [0.4, 0.5) is 0 Å². The van der Waals surface area contributed by atoms with Gasteiger partial charge in [0, 0.05) is 28.7 Å². The van der Waals surface area contributed by atoms with E-state index in [9.17, 15) is 4.79 Å². The molecule has 0 aliphatic carbocycles. The van der Waals surface area contributed by atoms with Gasteiger partial charge < -0.3 is 10.3 Å². The van der Waals surface area contributed by atoms with E-state index in [1.807, 2.05) is 26.8 Å². The van der Waals surface area contributed by atoms with E-state index < -0.39 is 0 Å². The van der Waals surface area contributed by atoms with Crippen LogP contribution in [0.25, 0.3) is 0 Å². The highest BCUT2D eigenvalue weighted by Crippen LogP contribution is 2.15. The average molecular weight is 310 g/mol. The van der Waals surface area contributed by atoms with Gasteiger partial charge in [-0.1, -0.05) is 0 Å². The molecular formula is C13H18N4OS2. The molecule has 0 radical (unpaired) electrons. The molecule has 0 unspecified atom stereocenters. The zero-order valence-electron chi connectivity index (χ0n) is 11.7. The van der Waals surface area contributed by atoms with Crippen LogP contribution in [0.2, 0.25) is 0 Å². The van der Waals surface area contributed by atoms with Crippen molar-refractivity contribution in [3.8, 4) is 0 Å². The van der Waals surface area contributed by atoms with Crippen LogP contribution < -0.4 is 5.32 Å². The minimum Gasteiger partial charge on any atom is -0.353 e. The molecule has 0 aromatic carbocycles. The summed E-state index contributed by atoms with van der Waals surface area (Å²) in [6.45, 7) is 5.88. The lowest BCUT2D eigenvalue weighted by Crippen LogP contribution is -2.35. The van der Waals surface area contributed by atoms with Crippen LogP contribution in [0.5, 0.6) is 0 Å². The zero-order valence-corrected chi connectivity index (χ0v) is 13.4. The quantitative estimate of drug-likeness (QED) is 0.743. The van der Waals surface area contributed by atoms with Gasteiger partial charge in [0.2, 0.25) is 5.91 Å². The Bertz CT molecular complexity index is 655. The lowest BCUT2D eigenvalue weighted by molar-refractivity contribution is -0.121. The Labute approximate surface area is 126 Å². The molecule has 0 spiro atoms. The van der Waals surface area contributed by atoms with Crippen LogP contribution in [0.3, 0.4) is 0 Å². The zero-order chi connectivity index (χ0) is 14.7. The second-order valence-corrected chi connectivity index (χ2v) is 6.73. The van der Waals surface area contributed by atoms with E-state index in [0.717, 1.165) is 28.4 Å². The molecule has 7 heteroatoms. The largest absolute Gasteiger partial charge is 0.353 e. The number of hydrogen-bond donors (Lipinski definition) is 3. The third kappa shape index (κ3) is 4.01. The van der Waals surface area contributed by atoms with Gasteiger partial charge in [0.15, 0.2) is 3.95 Å². The topological polar surface area (TPSA) is 73.6 Å². The standard InChI is InChI=1S/C13H18N4OS2/c1-7(4-10-5-8(2)16-17-10)14-12(18)6-11-9(3)15-13(19)20-11/h5,7H,4,6H2,1-3H3,(H,14,18)(H,15,19)(H,16,17)/t7-/m0/s1.